The Balaban J connectivity index is 1.69. The Morgan fingerprint density at radius 3 is 2.89 bits per heavy atom. The average molecular weight is 397 g/mol. The lowest BCUT2D eigenvalue weighted by Gasteiger charge is -2.34. The monoisotopic (exact) mass is 397 g/mol. The number of methoxy groups -OCH3 is 1. The van der Waals surface area contributed by atoms with Gasteiger partial charge in [-0.15, -0.1) is 13.2 Å². The molecule has 0 aliphatic carbocycles. The number of halogens is 3. The molecular weight excluding hydrogens is 377 g/mol. The summed E-state index contributed by atoms with van der Waals surface area (Å²) in [5.41, 5.74) is 1.58. The molecule has 6 nitrogen and oxygen atoms in total. The van der Waals surface area contributed by atoms with Gasteiger partial charge < -0.3 is 19.5 Å². The summed E-state index contributed by atoms with van der Waals surface area (Å²) in [7, 11) is 1.36. The average Bonchev–Trinajstić information content (AvgIpc) is 3.04. The van der Waals surface area contributed by atoms with E-state index in [1.165, 1.54) is 25.3 Å². The molecule has 0 bridgehead atoms. The van der Waals surface area contributed by atoms with Crippen molar-refractivity contribution in [1.82, 2.24) is 4.98 Å². The number of rotatable bonds is 2. The molecule has 1 fully saturated rings. The summed E-state index contributed by atoms with van der Waals surface area (Å²) in [4.78, 5) is 16.3. The predicted octanol–water partition coefficient (Wildman–Crippen LogP) is 2.01. The van der Waals surface area contributed by atoms with Crippen LogP contribution in [0.25, 0.3) is 10.9 Å². The van der Waals surface area contributed by atoms with Crippen molar-refractivity contribution in [2.24, 2.45) is 0 Å². The van der Waals surface area contributed by atoms with E-state index in [4.69, 9.17) is 9.47 Å². The number of carbonyl (C=O) groups is 1. The number of alkyl halides is 3. The second-order valence-corrected chi connectivity index (χ2v) is 7.29. The molecule has 2 aromatic rings. The molecule has 1 aromatic carbocycles. The predicted molar refractivity (Wildman–Crippen MR) is 92.1 cm³/mol. The highest BCUT2D eigenvalue weighted by molar-refractivity contribution is 5.86. The van der Waals surface area contributed by atoms with E-state index in [0.717, 1.165) is 5.56 Å². The van der Waals surface area contributed by atoms with E-state index >= 15 is 0 Å². The lowest BCUT2D eigenvalue weighted by Crippen LogP contribution is -2.89. The van der Waals surface area contributed by atoms with Crippen LogP contribution in [-0.4, -0.2) is 42.6 Å². The molecule has 1 unspecified atom stereocenters. The fraction of sp³-hybridized carbons (Fsp3) is 0.474. The van der Waals surface area contributed by atoms with Crippen molar-refractivity contribution >= 4 is 16.9 Å². The number of quaternary nitrogens is 1. The van der Waals surface area contributed by atoms with Crippen LogP contribution >= 0.6 is 0 Å². The summed E-state index contributed by atoms with van der Waals surface area (Å²) in [6.45, 7) is 2.43. The number of nitrogens with two attached hydrogens (primary N) is 1. The molecule has 150 valence electrons. The van der Waals surface area contributed by atoms with Crippen LogP contribution in [-0.2, 0) is 16.0 Å². The van der Waals surface area contributed by atoms with Crippen molar-refractivity contribution in [1.29, 1.82) is 0 Å². The van der Waals surface area contributed by atoms with Gasteiger partial charge >= 0.3 is 12.3 Å². The third-order valence-electron chi connectivity index (χ3n) is 5.44. The van der Waals surface area contributed by atoms with Crippen molar-refractivity contribution in [2.75, 3.05) is 13.7 Å². The number of pyridine rings is 1. The lowest BCUT2D eigenvalue weighted by atomic mass is 9.87. The summed E-state index contributed by atoms with van der Waals surface area (Å²) < 4.78 is 52.9. The Bertz CT molecular complexity index is 947. The van der Waals surface area contributed by atoms with E-state index in [2.05, 4.69) is 9.72 Å². The number of esters is 1. The third kappa shape index (κ3) is 3.34. The van der Waals surface area contributed by atoms with E-state index in [1.54, 1.807) is 0 Å². The van der Waals surface area contributed by atoms with E-state index in [0.29, 0.717) is 48.2 Å². The molecule has 2 aliphatic rings. The Morgan fingerprint density at radius 1 is 1.39 bits per heavy atom. The van der Waals surface area contributed by atoms with Gasteiger partial charge in [0.2, 0.25) is 0 Å². The Morgan fingerprint density at radius 2 is 2.18 bits per heavy atom. The van der Waals surface area contributed by atoms with Crippen LogP contribution in [0.3, 0.4) is 0 Å². The quantitative estimate of drug-likeness (QED) is 0.785. The Kier molecular flexibility index (Phi) is 4.37. The Labute approximate surface area is 159 Å². The number of hydrogen-bond acceptors (Lipinski definition) is 5. The molecule has 9 heteroatoms. The van der Waals surface area contributed by atoms with Crippen molar-refractivity contribution in [3.8, 4) is 11.5 Å². The summed E-state index contributed by atoms with van der Waals surface area (Å²) in [5.74, 6) is 0.0171. The SMILES string of the molecule is COC(=O)[C@@H]1CC2(CCc3c(c(C)nc4ccc(OC(F)(F)F)cc34)O2)C[NH2+]1. The minimum atomic E-state index is -4.75. The molecule has 2 atom stereocenters. The normalized spacial score (nSPS) is 24.1. The van der Waals surface area contributed by atoms with Crippen LogP contribution in [0.1, 0.15) is 24.1 Å². The molecular formula is C19H20F3N2O4+. The topological polar surface area (TPSA) is 74.3 Å². The van der Waals surface area contributed by atoms with Crippen LogP contribution < -0.4 is 14.8 Å². The molecule has 2 aliphatic heterocycles. The number of fused-ring (bicyclic) bond motifs is 3. The van der Waals surface area contributed by atoms with Gasteiger partial charge in [-0.25, -0.2) is 9.78 Å². The highest BCUT2D eigenvalue weighted by Crippen LogP contribution is 2.42. The summed E-state index contributed by atoms with van der Waals surface area (Å²) in [6.07, 6.45) is -2.96. The van der Waals surface area contributed by atoms with Gasteiger partial charge in [-0.2, -0.15) is 0 Å². The van der Waals surface area contributed by atoms with Crippen LogP contribution in [0.15, 0.2) is 18.2 Å². The number of hydrogen-bond donors (Lipinski definition) is 1. The van der Waals surface area contributed by atoms with Gasteiger partial charge in [0.15, 0.2) is 11.6 Å². The second-order valence-electron chi connectivity index (χ2n) is 7.29. The summed E-state index contributed by atoms with van der Waals surface area (Å²) in [5, 5.41) is 2.50. The highest BCUT2D eigenvalue weighted by atomic mass is 19.4. The van der Waals surface area contributed by atoms with Crippen LogP contribution in [0.5, 0.6) is 11.5 Å². The number of aryl methyl sites for hydroxylation is 2. The van der Waals surface area contributed by atoms with Crippen molar-refractivity contribution in [3.63, 3.8) is 0 Å². The second kappa shape index (κ2) is 6.51. The minimum absolute atomic E-state index is 0.284. The zero-order chi connectivity index (χ0) is 20.1. The summed E-state index contributed by atoms with van der Waals surface area (Å²) in [6, 6.07) is 3.82. The molecule has 0 amide bonds. The standard InChI is InChI=1S/C19H19F3N2O4/c1-10-16-12(5-6-18(28-16)8-15(23-9-18)17(25)26-2)13-7-11(27-19(20,21)22)3-4-14(13)24-10/h3-4,7,15,23H,5-6,8-9H2,1-2H3/p+1/t15-,18?/m0/s1. The first-order valence-electron chi connectivity index (χ1n) is 8.99. The molecule has 0 radical (unpaired) electrons. The molecule has 1 saturated heterocycles. The molecule has 2 N–H and O–H groups in total. The first-order valence-corrected chi connectivity index (χ1v) is 8.99. The highest BCUT2D eigenvalue weighted by Gasteiger charge is 2.50. The van der Waals surface area contributed by atoms with Crippen molar-refractivity contribution in [3.05, 3.63) is 29.5 Å². The van der Waals surface area contributed by atoms with Crippen LogP contribution in [0.4, 0.5) is 13.2 Å². The van der Waals surface area contributed by atoms with Gasteiger partial charge in [-0.05, 0) is 38.0 Å². The van der Waals surface area contributed by atoms with Crippen molar-refractivity contribution in [2.45, 2.75) is 44.2 Å². The molecule has 28 heavy (non-hydrogen) atoms. The Hall–Kier alpha value is -2.55. The lowest BCUT2D eigenvalue weighted by molar-refractivity contribution is -0.663. The van der Waals surface area contributed by atoms with E-state index in [-0.39, 0.29) is 17.8 Å². The van der Waals surface area contributed by atoms with Gasteiger partial charge in [-0.1, -0.05) is 0 Å². The number of carbonyl (C=O) groups excluding carboxylic acids is 1. The van der Waals surface area contributed by atoms with Gasteiger partial charge in [0.25, 0.3) is 0 Å². The van der Waals surface area contributed by atoms with E-state index in [1.807, 2.05) is 12.2 Å². The fourth-order valence-corrected chi connectivity index (χ4v) is 4.17. The molecule has 1 aromatic heterocycles. The molecule has 4 rings (SSSR count). The van der Waals surface area contributed by atoms with E-state index < -0.39 is 12.0 Å². The number of aromatic nitrogens is 1. The van der Waals surface area contributed by atoms with E-state index in [9.17, 15) is 18.0 Å². The van der Waals surface area contributed by atoms with Crippen molar-refractivity contribution < 1.29 is 37.5 Å². The molecule has 1 spiro atoms. The number of ether oxygens (including phenoxy) is 3. The van der Waals surface area contributed by atoms with Crippen LogP contribution in [0, 0.1) is 6.92 Å². The fourth-order valence-electron chi connectivity index (χ4n) is 4.17. The first-order chi connectivity index (χ1) is 13.2. The maximum atomic E-state index is 12.6. The summed E-state index contributed by atoms with van der Waals surface area (Å²) >= 11 is 0. The zero-order valence-electron chi connectivity index (χ0n) is 15.4. The molecule has 0 saturated carbocycles. The number of benzene rings is 1. The van der Waals surface area contributed by atoms with Gasteiger partial charge in [0, 0.05) is 10.9 Å². The first kappa shape index (κ1) is 18.8. The van der Waals surface area contributed by atoms with Crippen LogP contribution in [0.2, 0.25) is 0 Å². The minimum Gasteiger partial charge on any atom is -0.479 e. The molecule has 3 heterocycles. The zero-order valence-corrected chi connectivity index (χ0v) is 15.4. The maximum Gasteiger partial charge on any atom is 0.573 e. The third-order valence-corrected chi connectivity index (χ3v) is 5.44. The smallest absolute Gasteiger partial charge is 0.479 e. The van der Waals surface area contributed by atoms with Gasteiger partial charge in [0.05, 0.1) is 24.7 Å². The maximum absolute atomic E-state index is 12.6. The number of nitrogens with zero attached hydrogens (tertiary/aromatic N) is 1. The van der Waals surface area contributed by atoms with Gasteiger partial charge in [-0.3, -0.25) is 0 Å². The largest absolute Gasteiger partial charge is 0.573 e. The van der Waals surface area contributed by atoms with Gasteiger partial charge in [0.1, 0.15) is 18.0 Å².